The minimum atomic E-state index is -0.615. The van der Waals surface area contributed by atoms with E-state index in [1.807, 2.05) is 31.2 Å². The molecule has 2 aromatic carbocycles. The van der Waals surface area contributed by atoms with Crippen LogP contribution >= 0.6 is 0 Å². The number of nitrogens with zero attached hydrogens (tertiary/aromatic N) is 2. The van der Waals surface area contributed by atoms with Crippen LogP contribution in [-0.4, -0.2) is 41.7 Å². The molecule has 0 fully saturated rings. The Labute approximate surface area is 186 Å². The summed E-state index contributed by atoms with van der Waals surface area (Å²) < 4.78 is 18.2. The number of halogens is 1. The van der Waals surface area contributed by atoms with Gasteiger partial charge in [0.15, 0.2) is 0 Å². The van der Waals surface area contributed by atoms with Crippen molar-refractivity contribution in [1.82, 2.24) is 10.3 Å². The van der Waals surface area contributed by atoms with Gasteiger partial charge in [0.05, 0.1) is 13.1 Å². The predicted octanol–water partition coefficient (Wildman–Crippen LogP) is 2.90. The maximum atomic E-state index is 13.0. The lowest BCUT2D eigenvalue weighted by Crippen LogP contribution is -2.35. The third kappa shape index (κ3) is 7.01. The lowest BCUT2D eigenvalue weighted by Gasteiger charge is -2.23. The van der Waals surface area contributed by atoms with Crippen LogP contribution < -0.4 is 5.32 Å². The van der Waals surface area contributed by atoms with Crippen molar-refractivity contribution in [2.45, 2.75) is 39.2 Å². The van der Waals surface area contributed by atoms with Crippen molar-refractivity contribution >= 4 is 23.5 Å². The lowest BCUT2D eigenvalue weighted by atomic mass is 10.1. The number of nitrogens with one attached hydrogen (secondary N) is 1. The third-order valence-corrected chi connectivity index (χ3v) is 5.00. The van der Waals surface area contributed by atoms with Gasteiger partial charge < -0.3 is 10.1 Å². The highest BCUT2D eigenvalue weighted by Crippen LogP contribution is 2.15. The zero-order valence-corrected chi connectivity index (χ0v) is 18.0. The molecular weight excluding hydrogens is 413 g/mol. The van der Waals surface area contributed by atoms with Crippen molar-refractivity contribution in [2.75, 3.05) is 13.2 Å². The standard InChI is InChI=1S/C24H26FN3O4/c1-17-2-4-18(5-3-17)8-12-22(29)26-14-15-32-24(31)21-11-13-23(30)28(27-21)16-19-6-9-20(25)10-7-19/h2-7,9-10H,8,11-16H2,1H3,(H,26,29). The van der Waals surface area contributed by atoms with Crippen molar-refractivity contribution in [1.29, 1.82) is 0 Å². The van der Waals surface area contributed by atoms with E-state index in [4.69, 9.17) is 4.74 Å². The molecule has 0 saturated carbocycles. The molecule has 2 aromatic rings. The van der Waals surface area contributed by atoms with E-state index in [0.29, 0.717) is 18.4 Å². The van der Waals surface area contributed by atoms with Crippen molar-refractivity contribution in [3.05, 3.63) is 71.0 Å². The van der Waals surface area contributed by atoms with Crippen LogP contribution in [0.25, 0.3) is 0 Å². The van der Waals surface area contributed by atoms with Crippen molar-refractivity contribution in [3.8, 4) is 0 Å². The number of hydrazone groups is 1. The molecule has 0 aromatic heterocycles. The SMILES string of the molecule is Cc1ccc(CCC(=O)NCCOC(=O)C2=NN(Cc3ccc(F)cc3)C(=O)CC2)cc1. The van der Waals surface area contributed by atoms with Crippen LogP contribution in [0.15, 0.2) is 53.6 Å². The Hall–Kier alpha value is -3.55. The smallest absolute Gasteiger partial charge is 0.354 e. The zero-order chi connectivity index (χ0) is 22.9. The molecule has 1 heterocycles. The Morgan fingerprint density at radius 2 is 1.75 bits per heavy atom. The molecule has 1 N–H and O–H groups in total. The van der Waals surface area contributed by atoms with Crippen LogP contribution in [0, 0.1) is 12.7 Å². The molecule has 7 nitrogen and oxygen atoms in total. The summed E-state index contributed by atoms with van der Waals surface area (Å²) in [6.45, 7) is 2.37. The Morgan fingerprint density at radius 3 is 2.47 bits per heavy atom. The first-order chi connectivity index (χ1) is 15.4. The number of esters is 1. The van der Waals surface area contributed by atoms with Crippen LogP contribution in [0.4, 0.5) is 4.39 Å². The van der Waals surface area contributed by atoms with E-state index >= 15 is 0 Å². The molecule has 0 radical (unpaired) electrons. The summed E-state index contributed by atoms with van der Waals surface area (Å²) >= 11 is 0. The third-order valence-electron chi connectivity index (χ3n) is 5.00. The van der Waals surface area contributed by atoms with Crippen molar-refractivity contribution in [2.24, 2.45) is 5.10 Å². The highest BCUT2D eigenvalue weighted by molar-refractivity contribution is 6.37. The van der Waals surface area contributed by atoms with Crippen molar-refractivity contribution < 1.29 is 23.5 Å². The number of aryl methyl sites for hydroxylation is 2. The molecule has 1 aliphatic rings. The largest absolute Gasteiger partial charge is 0.459 e. The average Bonchev–Trinajstić information content (AvgIpc) is 2.79. The van der Waals surface area contributed by atoms with Crippen LogP contribution in [0.1, 0.15) is 36.0 Å². The van der Waals surface area contributed by atoms with E-state index in [-0.39, 0.29) is 55.9 Å². The molecule has 2 amide bonds. The van der Waals surface area contributed by atoms with Gasteiger partial charge in [0.25, 0.3) is 0 Å². The van der Waals surface area contributed by atoms with E-state index in [2.05, 4.69) is 10.4 Å². The molecule has 0 unspecified atom stereocenters. The second-order valence-corrected chi connectivity index (χ2v) is 7.60. The number of hydrogen-bond acceptors (Lipinski definition) is 5. The fraction of sp³-hybridized carbons (Fsp3) is 0.333. The number of ether oxygens (including phenoxy) is 1. The summed E-state index contributed by atoms with van der Waals surface area (Å²) in [5.41, 5.74) is 3.11. The topological polar surface area (TPSA) is 88.1 Å². The van der Waals surface area contributed by atoms with Crippen LogP contribution in [0.3, 0.4) is 0 Å². The van der Waals surface area contributed by atoms with Gasteiger partial charge in [-0.05, 0) is 36.6 Å². The molecule has 3 rings (SSSR count). The first-order valence-corrected chi connectivity index (χ1v) is 10.5. The normalized spacial score (nSPS) is 13.5. The molecular formula is C24H26FN3O4. The van der Waals surface area contributed by atoms with Crippen molar-refractivity contribution in [3.63, 3.8) is 0 Å². The zero-order valence-electron chi connectivity index (χ0n) is 18.0. The number of hydrogen-bond donors (Lipinski definition) is 1. The molecule has 8 heteroatoms. The lowest BCUT2D eigenvalue weighted by molar-refractivity contribution is -0.137. The summed E-state index contributed by atoms with van der Waals surface area (Å²) in [4.78, 5) is 36.3. The Balaban J connectivity index is 1.40. The molecule has 0 saturated heterocycles. The van der Waals surface area contributed by atoms with Crippen LogP contribution in [0.5, 0.6) is 0 Å². The van der Waals surface area contributed by atoms with E-state index < -0.39 is 5.97 Å². The average molecular weight is 439 g/mol. The monoisotopic (exact) mass is 439 g/mol. The maximum Gasteiger partial charge on any atom is 0.354 e. The van der Waals surface area contributed by atoms with Gasteiger partial charge in [-0.3, -0.25) is 9.59 Å². The quantitative estimate of drug-likeness (QED) is 0.481. The Bertz CT molecular complexity index is 987. The predicted molar refractivity (Wildman–Crippen MR) is 117 cm³/mol. The summed E-state index contributed by atoms with van der Waals surface area (Å²) in [7, 11) is 0. The Morgan fingerprint density at radius 1 is 1.06 bits per heavy atom. The summed E-state index contributed by atoms with van der Waals surface area (Å²) in [5, 5.41) is 8.03. The molecule has 0 atom stereocenters. The van der Waals surface area contributed by atoms with Gasteiger partial charge >= 0.3 is 5.97 Å². The highest BCUT2D eigenvalue weighted by Gasteiger charge is 2.25. The van der Waals surface area contributed by atoms with Gasteiger partial charge in [0, 0.05) is 19.3 Å². The van der Waals surface area contributed by atoms with E-state index in [9.17, 15) is 18.8 Å². The first-order valence-electron chi connectivity index (χ1n) is 10.5. The van der Waals surface area contributed by atoms with Gasteiger partial charge in [-0.2, -0.15) is 5.10 Å². The molecule has 0 spiro atoms. The summed E-state index contributed by atoms with van der Waals surface area (Å²) in [6, 6.07) is 13.7. The summed E-state index contributed by atoms with van der Waals surface area (Å²) in [6.07, 6.45) is 1.33. The fourth-order valence-electron chi connectivity index (χ4n) is 3.15. The first kappa shape index (κ1) is 23.1. The van der Waals surface area contributed by atoms with E-state index in [1.165, 1.54) is 22.7 Å². The summed E-state index contributed by atoms with van der Waals surface area (Å²) in [5.74, 6) is -1.32. The minimum absolute atomic E-state index is 0.0139. The van der Waals surface area contributed by atoms with Gasteiger partial charge in [-0.1, -0.05) is 42.0 Å². The minimum Gasteiger partial charge on any atom is -0.459 e. The van der Waals surface area contributed by atoms with Gasteiger partial charge in [-0.25, -0.2) is 14.2 Å². The van der Waals surface area contributed by atoms with Gasteiger partial charge in [0.1, 0.15) is 18.1 Å². The molecule has 168 valence electrons. The highest BCUT2D eigenvalue weighted by atomic mass is 19.1. The molecule has 0 bridgehead atoms. The molecule has 1 aliphatic heterocycles. The maximum absolute atomic E-state index is 13.0. The van der Waals surface area contributed by atoms with Gasteiger partial charge in [0.2, 0.25) is 11.8 Å². The van der Waals surface area contributed by atoms with Crippen LogP contribution in [0.2, 0.25) is 0 Å². The molecule has 32 heavy (non-hydrogen) atoms. The fourth-order valence-corrected chi connectivity index (χ4v) is 3.15. The van der Waals surface area contributed by atoms with Gasteiger partial charge in [-0.15, -0.1) is 0 Å². The number of benzene rings is 2. The number of amides is 2. The van der Waals surface area contributed by atoms with Crippen LogP contribution in [-0.2, 0) is 32.1 Å². The van der Waals surface area contributed by atoms with E-state index in [1.54, 1.807) is 12.1 Å². The second kappa shape index (κ2) is 11.2. The van der Waals surface area contributed by atoms with E-state index in [0.717, 1.165) is 5.56 Å². The Kier molecular flexibility index (Phi) is 8.08. The molecule has 0 aliphatic carbocycles. The number of carbonyl (C=O) groups is 3. The number of carbonyl (C=O) groups excluding carboxylic acids is 3. The second-order valence-electron chi connectivity index (χ2n) is 7.60. The number of rotatable bonds is 9.